The number of aromatic nitrogens is 2. The van der Waals surface area contributed by atoms with Gasteiger partial charge in [0, 0.05) is 22.7 Å². The fraction of sp³-hybridized carbons (Fsp3) is 0.278. The number of hydrogen-bond acceptors (Lipinski definition) is 9. The fourth-order valence-corrected chi connectivity index (χ4v) is 3.32. The van der Waals surface area contributed by atoms with Gasteiger partial charge in [-0.25, -0.2) is 9.78 Å². The van der Waals surface area contributed by atoms with Crippen LogP contribution in [0.4, 0.5) is 10.8 Å². The van der Waals surface area contributed by atoms with E-state index >= 15 is 0 Å². The number of nitrogens with zero attached hydrogens (tertiary/aromatic N) is 2. The Morgan fingerprint density at radius 3 is 2.50 bits per heavy atom. The number of carbonyl (C=O) groups is 1. The molecule has 3 N–H and O–H groups in total. The summed E-state index contributed by atoms with van der Waals surface area (Å²) in [6.07, 6.45) is 1.68. The molecule has 0 unspecified atom stereocenters. The molecular formula is C18H21ClN4O4S. The summed E-state index contributed by atoms with van der Waals surface area (Å²) in [4.78, 5) is 20.5. The van der Waals surface area contributed by atoms with E-state index in [-0.39, 0.29) is 24.6 Å². The van der Waals surface area contributed by atoms with E-state index < -0.39 is 5.97 Å². The standard InChI is InChI=1S/C18H20N4O4S.ClH/c1-4-26-17(23)14-9-27-18(22-14)21-13-8-20-12(7-19)10-5-15(24-2)16(25-3)6-11(10)13;/h5-6,8-9H,4,7,19H2,1-3H3,(H,21,22);1H. The van der Waals surface area contributed by atoms with Crippen LogP contribution in [0.2, 0.25) is 0 Å². The summed E-state index contributed by atoms with van der Waals surface area (Å²) in [5.41, 5.74) is 7.55. The Labute approximate surface area is 172 Å². The van der Waals surface area contributed by atoms with Crippen molar-refractivity contribution in [2.45, 2.75) is 13.5 Å². The highest BCUT2D eigenvalue weighted by molar-refractivity contribution is 7.14. The minimum atomic E-state index is -0.449. The number of carbonyl (C=O) groups excluding carboxylic acids is 1. The maximum atomic E-state index is 11.8. The number of methoxy groups -OCH3 is 2. The van der Waals surface area contributed by atoms with Crippen LogP contribution in [0.3, 0.4) is 0 Å². The van der Waals surface area contributed by atoms with Crippen LogP contribution in [-0.2, 0) is 11.3 Å². The Hall–Kier alpha value is -2.62. The number of benzene rings is 1. The van der Waals surface area contributed by atoms with Crippen LogP contribution in [-0.4, -0.2) is 36.8 Å². The van der Waals surface area contributed by atoms with Crippen LogP contribution in [0.25, 0.3) is 10.8 Å². The van der Waals surface area contributed by atoms with E-state index in [1.165, 1.54) is 11.3 Å². The topological polar surface area (TPSA) is 109 Å². The minimum absolute atomic E-state index is 0. The first-order valence-electron chi connectivity index (χ1n) is 8.24. The third-order valence-electron chi connectivity index (χ3n) is 3.90. The van der Waals surface area contributed by atoms with Crippen LogP contribution in [0.5, 0.6) is 11.5 Å². The number of nitrogens with two attached hydrogens (primary N) is 1. The lowest BCUT2D eigenvalue weighted by Crippen LogP contribution is -2.05. The molecular weight excluding hydrogens is 404 g/mol. The number of rotatable bonds is 7. The number of fused-ring (bicyclic) bond motifs is 1. The third kappa shape index (κ3) is 4.27. The molecule has 0 saturated carbocycles. The highest BCUT2D eigenvalue weighted by Gasteiger charge is 2.15. The van der Waals surface area contributed by atoms with Gasteiger partial charge in [0.25, 0.3) is 0 Å². The SMILES string of the molecule is CCOC(=O)c1csc(Nc2cnc(CN)c3cc(OC)c(OC)cc23)n1.Cl. The van der Waals surface area contributed by atoms with Gasteiger partial charge in [-0.2, -0.15) is 0 Å². The van der Waals surface area contributed by atoms with E-state index in [2.05, 4.69) is 15.3 Å². The predicted molar refractivity (Wildman–Crippen MR) is 111 cm³/mol. The van der Waals surface area contributed by atoms with Gasteiger partial charge in [-0.3, -0.25) is 4.98 Å². The zero-order chi connectivity index (χ0) is 19.4. The molecule has 0 aliphatic heterocycles. The molecule has 3 aromatic rings. The molecule has 2 aromatic heterocycles. The molecule has 8 nitrogen and oxygen atoms in total. The third-order valence-corrected chi connectivity index (χ3v) is 4.66. The van der Waals surface area contributed by atoms with Crippen LogP contribution in [0.1, 0.15) is 23.1 Å². The van der Waals surface area contributed by atoms with Crippen molar-refractivity contribution in [3.05, 3.63) is 35.1 Å². The summed E-state index contributed by atoms with van der Waals surface area (Å²) in [6.45, 7) is 2.34. The Balaban J connectivity index is 0.00000280. The normalized spacial score (nSPS) is 10.3. The van der Waals surface area contributed by atoms with Crippen LogP contribution in [0.15, 0.2) is 23.7 Å². The van der Waals surface area contributed by atoms with Crippen molar-refractivity contribution in [3.63, 3.8) is 0 Å². The van der Waals surface area contributed by atoms with Gasteiger partial charge in [0.1, 0.15) is 0 Å². The van der Waals surface area contributed by atoms with Crippen molar-refractivity contribution in [1.29, 1.82) is 0 Å². The van der Waals surface area contributed by atoms with Crippen LogP contribution in [0, 0.1) is 0 Å². The van der Waals surface area contributed by atoms with Crippen molar-refractivity contribution in [2.75, 3.05) is 26.1 Å². The molecule has 0 radical (unpaired) electrons. The van der Waals surface area contributed by atoms with Crippen molar-refractivity contribution >= 4 is 51.3 Å². The van der Waals surface area contributed by atoms with Gasteiger partial charge in [0.05, 0.1) is 38.4 Å². The van der Waals surface area contributed by atoms with Gasteiger partial charge in [-0.15, -0.1) is 23.7 Å². The van der Waals surface area contributed by atoms with E-state index in [1.54, 1.807) is 32.7 Å². The Morgan fingerprint density at radius 1 is 1.21 bits per heavy atom. The zero-order valence-corrected chi connectivity index (χ0v) is 17.3. The van der Waals surface area contributed by atoms with Gasteiger partial charge in [0.2, 0.25) is 0 Å². The summed E-state index contributed by atoms with van der Waals surface area (Å²) in [7, 11) is 3.15. The lowest BCUT2D eigenvalue weighted by molar-refractivity contribution is 0.0520. The molecule has 0 aliphatic rings. The van der Waals surface area contributed by atoms with Crippen molar-refractivity contribution < 1.29 is 19.0 Å². The first-order valence-corrected chi connectivity index (χ1v) is 9.12. The highest BCUT2D eigenvalue weighted by atomic mass is 35.5. The first-order chi connectivity index (χ1) is 13.1. The van der Waals surface area contributed by atoms with Crippen molar-refractivity contribution in [1.82, 2.24) is 9.97 Å². The number of halogens is 1. The molecule has 10 heteroatoms. The molecule has 1 aromatic carbocycles. The van der Waals surface area contributed by atoms with Crippen LogP contribution < -0.4 is 20.5 Å². The zero-order valence-electron chi connectivity index (χ0n) is 15.6. The average Bonchev–Trinajstić information content (AvgIpc) is 3.16. The molecule has 0 saturated heterocycles. The quantitative estimate of drug-likeness (QED) is 0.554. The number of nitrogens with one attached hydrogen (secondary N) is 1. The van der Waals surface area contributed by atoms with E-state index in [4.69, 9.17) is 19.9 Å². The summed E-state index contributed by atoms with van der Waals surface area (Å²) < 4.78 is 15.8. The number of hydrogen-bond donors (Lipinski definition) is 2. The second-order valence-electron chi connectivity index (χ2n) is 5.46. The van der Waals surface area contributed by atoms with Crippen molar-refractivity contribution in [3.8, 4) is 11.5 Å². The van der Waals surface area contributed by atoms with Gasteiger partial charge < -0.3 is 25.3 Å². The van der Waals surface area contributed by atoms with E-state index in [0.29, 0.717) is 28.9 Å². The van der Waals surface area contributed by atoms with E-state index in [1.807, 2.05) is 12.1 Å². The number of esters is 1. The second-order valence-corrected chi connectivity index (χ2v) is 6.32. The lowest BCUT2D eigenvalue weighted by atomic mass is 10.1. The second kappa shape index (κ2) is 9.54. The molecule has 3 rings (SSSR count). The molecule has 0 fully saturated rings. The van der Waals surface area contributed by atoms with Gasteiger partial charge in [-0.1, -0.05) is 0 Å². The summed E-state index contributed by atoms with van der Waals surface area (Å²) in [5.74, 6) is 0.737. The maximum Gasteiger partial charge on any atom is 0.357 e. The molecule has 28 heavy (non-hydrogen) atoms. The Bertz CT molecular complexity index is 980. The summed E-state index contributed by atoms with van der Waals surface area (Å²) in [6, 6.07) is 3.71. The van der Waals surface area contributed by atoms with Crippen molar-refractivity contribution in [2.24, 2.45) is 5.73 Å². The van der Waals surface area contributed by atoms with Gasteiger partial charge in [-0.05, 0) is 19.1 Å². The van der Waals surface area contributed by atoms with Gasteiger partial charge in [0.15, 0.2) is 22.3 Å². The summed E-state index contributed by atoms with van der Waals surface area (Å²) >= 11 is 1.30. The minimum Gasteiger partial charge on any atom is -0.493 e. The lowest BCUT2D eigenvalue weighted by Gasteiger charge is -2.14. The number of pyridine rings is 1. The maximum absolute atomic E-state index is 11.8. The van der Waals surface area contributed by atoms with E-state index in [0.717, 1.165) is 16.5 Å². The number of ether oxygens (including phenoxy) is 3. The highest BCUT2D eigenvalue weighted by Crippen LogP contribution is 2.37. The number of anilines is 2. The fourth-order valence-electron chi connectivity index (χ4n) is 2.63. The predicted octanol–water partition coefficient (Wildman–Crippen LogP) is 3.51. The monoisotopic (exact) mass is 424 g/mol. The molecule has 2 heterocycles. The average molecular weight is 425 g/mol. The number of thiazole rings is 1. The Morgan fingerprint density at radius 2 is 1.89 bits per heavy atom. The smallest absolute Gasteiger partial charge is 0.357 e. The molecule has 0 atom stereocenters. The molecule has 0 aliphatic carbocycles. The molecule has 0 amide bonds. The van der Waals surface area contributed by atoms with Gasteiger partial charge >= 0.3 is 5.97 Å². The Kier molecular flexibility index (Phi) is 7.38. The largest absolute Gasteiger partial charge is 0.493 e. The van der Waals surface area contributed by atoms with Crippen LogP contribution >= 0.6 is 23.7 Å². The first kappa shape index (κ1) is 21.7. The molecule has 150 valence electrons. The summed E-state index contributed by atoms with van der Waals surface area (Å²) in [5, 5.41) is 7.11. The molecule has 0 spiro atoms. The molecule has 0 bridgehead atoms. The van der Waals surface area contributed by atoms with E-state index in [9.17, 15) is 4.79 Å².